The predicted molar refractivity (Wildman–Crippen MR) is 71.4 cm³/mol. The van der Waals surface area contributed by atoms with Gasteiger partial charge in [-0.25, -0.2) is 0 Å². The lowest BCUT2D eigenvalue weighted by Gasteiger charge is -2.08. The summed E-state index contributed by atoms with van der Waals surface area (Å²) in [6.07, 6.45) is 0. The first-order valence-electron chi connectivity index (χ1n) is 4.70. The molecule has 1 aromatic carbocycles. The fourth-order valence-electron chi connectivity index (χ4n) is 1.70. The van der Waals surface area contributed by atoms with Crippen molar-refractivity contribution in [3.05, 3.63) is 34.4 Å². The Balaban J connectivity index is 2.66. The molecule has 0 aliphatic rings. The molecule has 80 valence electrons. The molecule has 0 bridgehead atoms. The average Bonchev–Trinajstić information content (AvgIpc) is 2.44. The molecular weight excluding hydrogens is 320 g/mol. The Morgan fingerprint density at radius 1 is 1.27 bits per heavy atom. The SMILES string of the molecule is CN(C)Cc1c(Br)n(Br)c2ccccc12. The lowest BCUT2D eigenvalue weighted by Crippen LogP contribution is -2.10. The number of para-hydroxylation sites is 1. The van der Waals surface area contributed by atoms with Gasteiger partial charge < -0.3 is 4.90 Å². The molecule has 2 rings (SSSR count). The summed E-state index contributed by atoms with van der Waals surface area (Å²) in [5.74, 6) is 0. The summed E-state index contributed by atoms with van der Waals surface area (Å²) < 4.78 is 3.10. The van der Waals surface area contributed by atoms with Gasteiger partial charge in [0.1, 0.15) is 4.60 Å². The van der Waals surface area contributed by atoms with Gasteiger partial charge in [-0.2, -0.15) is 0 Å². The lowest BCUT2D eigenvalue weighted by atomic mass is 10.2. The van der Waals surface area contributed by atoms with Crippen LogP contribution in [-0.4, -0.2) is 22.6 Å². The van der Waals surface area contributed by atoms with E-state index in [1.807, 2.05) is 9.66 Å². The highest BCUT2D eigenvalue weighted by molar-refractivity contribution is 9.12. The molecule has 1 aromatic heterocycles. The molecule has 1 heterocycles. The minimum atomic E-state index is 0.930. The molecule has 0 radical (unpaired) electrons. The second kappa shape index (κ2) is 4.28. The summed E-state index contributed by atoms with van der Waals surface area (Å²) in [5, 5.41) is 1.29. The van der Waals surface area contributed by atoms with Crippen molar-refractivity contribution in [3.63, 3.8) is 0 Å². The monoisotopic (exact) mass is 330 g/mol. The van der Waals surface area contributed by atoms with Gasteiger partial charge in [0, 0.05) is 17.5 Å². The molecule has 0 atom stereocenters. The van der Waals surface area contributed by atoms with E-state index in [1.54, 1.807) is 0 Å². The number of nitrogens with zero attached hydrogens (tertiary/aromatic N) is 2. The lowest BCUT2D eigenvalue weighted by molar-refractivity contribution is 0.403. The zero-order chi connectivity index (χ0) is 11.0. The largest absolute Gasteiger partial charge is 0.305 e. The summed E-state index contributed by atoms with van der Waals surface area (Å²) in [7, 11) is 4.15. The third kappa shape index (κ3) is 1.98. The molecule has 0 unspecified atom stereocenters. The maximum atomic E-state index is 3.61. The smallest absolute Gasteiger partial charge is 0.101 e. The van der Waals surface area contributed by atoms with Gasteiger partial charge in [-0.1, -0.05) is 18.2 Å². The third-order valence-electron chi connectivity index (χ3n) is 2.34. The van der Waals surface area contributed by atoms with E-state index < -0.39 is 0 Å². The topological polar surface area (TPSA) is 8.17 Å². The van der Waals surface area contributed by atoms with E-state index in [-0.39, 0.29) is 0 Å². The Hall–Kier alpha value is -0.320. The summed E-state index contributed by atoms with van der Waals surface area (Å²) in [4.78, 5) is 2.17. The number of rotatable bonds is 2. The van der Waals surface area contributed by atoms with Gasteiger partial charge in [-0.15, -0.1) is 0 Å². The van der Waals surface area contributed by atoms with Crippen LogP contribution >= 0.6 is 32.1 Å². The zero-order valence-corrected chi connectivity index (χ0v) is 11.8. The van der Waals surface area contributed by atoms with Gasteiger partial charge in [0.05, 0.1) is 21.7 Å². The van der Waals surface area contributed by atoms with Gasteiger partial charge in [0.2, 0.25) is 0 Å². The summed E-state index contributed by atoms with van der Waals surface area (Å²) in [5.41, 5.74) is 2.51. The standard InChI is InChI=1S/C11H12Br2N2/c1-14(2)7-9-8-5-3-4-6-10(8)15(13)11(9)12/h3-6H,7H2,1-2H3. The minimum absolute atomic E-state index is 0.930. The van der Waals surface area contributed by atoms with E-state index in [2.05, 4.69) is 69.3 Å². The molecule has 0 saturated heterocycles. The number of hydrogen-bond donors (Lipinski definition) is 0. The van der Waals surface area contributed by atoms with E-state index in [9.17, 15) is 0 Å². The summed E-state index contributed by atoms with van der Waals surface area (Å²) in [6, 6.07) is 8.37. The molecule has 2 aromatic rings. The van der Waals surface area contributed by atoms with Crippen LogP contribution in [-0.2, 0) is 6.54 Å². The van der Waals surface area contributed by atoms with Crippen LogP contribution in [0.5, 0.6) is 0 Å². The minimum Gasteiger partial charge on any atom is -0.305 e. The Morgan fingerprint density at radius 3 is 2.60 bits per heavy atom. The highest BCUT2D eigenvalue weighted by Gasteiger charge is 2.13. The van der Waals surface area contributed by atoms with Gasteiger partial charge in [0.25, 0.3) is 0 Å². The van der Waals surface area contributed by atoms with Gasteiger partial charge in [-0.05, 0) is 36.1 Å². The number of benzene rings is 1. The number of aromatic nitrogens is 1. The van der Waals surface area contributed by atoms with Crippen LogP contribution in [0.3, 0.4) is 0 Å². The predicted octanol–water partition coefficient (Wildman–Crippen LogP) is 3.62. The first-order valence-corrected chi connectivity index (χ1v) is 6.20. The Morgan fingerprint density at radius 2 is 1.93 bits per heavy atom. The fourth-order valence-corrected chi connectivity index (χ4v) is 2.76. The molecule has 0 saturated carbocycles. The van der Waals surface area contributed by atoms with Crippen molar-refractivity contribution in [3.8, 4) is 0 Å². The molecular formula is C11H12Br2N2. The molecule has 0 aliphatic heterocycles. The van der Waals surface area contributed by atoms with Crippen LogP contribution in [0, 0.1) is 0 Å². The number of halogens is 2. The Kier molecular flexibility index (Phi) is 3.19. The quantitative estimate of drug-likeness (QED) is 0.816. The van der Waals surface area contributed by atoms with Crippen molar-refractivity contribution >= 4 is 43.0 Å². The Bertz CT molecular complexity index is 489. The van der Waals surface area contributed by atoms with Crippen molar-refractivity contribution < 1.29 is 0 Å². The average molecular weight is 332 g/mol. The second-order valence-electron chi connectivity index (χ2n) is 3.81. The van der Waals surface area contributed by atoms with E-state index >= 15 is 0 Å². The fraction of sp³-hybridized carbons (Fsp3) is 0.273. The molecule has 0 N–H and O–H groups in total. The molecule has 4 heteroatoms. The van der Waals surface area contributed by atoms with Crippen molar-refractivity contribution in [1.82, 2.24) is 8.49 Å². The second-order valence-corrected chi connectivity index (χ2v) is 5.27. The summed E-state index contributed by atoms with van der Waals surface area (Å²) in [6.45, 7) is 0.930. The van der Waals surface area contributed by atoms with Crippen molar-refractivity contribution in [2.45, 2.75) is 6.54 Å². The molecule has 0 fully saturated rings. The molecule has 0 aliphatic carbocycles. The first-order chi connectivity index (χ1) is 7.11. The van der Waals surface area contributed by atoms with Gasteiger partial charge in [0.15, 0.2) is 0 Å². The third-order valence-corrected chi connectivity index (χ3v) is 4.38. The van der Waals surface area contributed by atoms with Crippen LogP contribution in [0.25, 0.3) is 10.9 Å². The molecule has 15 heavy (non-hydrogen) atoms. The molecule has 2 nitrogen and oxygen atoms in total. The van der Waals surface area contributed by atoms with E-state index in [1.165, 1.54) is 16.5 Å². The molecule has 0 spiro atoms. The Labute approximate surface area is 106 Å². The van der Waals surface area contributed by atoms with Crippen molar-refractivity contribution in [2.75, 3.05) is 14.1 Å². The van der Waals surface area contributed by atoms with E-state index in [0.29, 0.717) is 0 Å². The maximum Gasteiger partial charge on any atom is 0.101 e. The highest BCUT2D eigenvalue weighted by Crippen LogP contribution is 2.32. The van der Waals surface area contributed by atoms with Gasteiger partial charge in [-0.3, -0.25) is 3.59 Å². The normalized spacial score (nSPS) is 11.5. The highest BCUT2D eigenvalue weighted by atomic mass is 79.9. The van der Waals surface area contributed by atoms with Gasteiger partial charge >= 0.3 is 0 Å². The first kappa shape index (κ1) is 11.2. The maximum absolute atomic E-state index is 3.61. The van der Waals surface area contributed by atoms with Crippen LogP contribution in [0.2, 0.25) is 0 Å². The van der Waals surface area contributed by atoms with E-state index in [0.717, 1.165) is 11.1 Å². The van der Waals surface area contributed by atoms with Crippen molar-refractivity contribution in [2.24, 2.45) is 0 Å². The van der Waals surface area contributed by atoms with E-state index in [4.69, 9.17) is 0 Å². The van der Waals surface area contributed by atoms with Crippen LogP contribution in [0.4, 0.5) is 0 Å². The van der Waals surface area contributed by atoms with Crippen LogP contribution < -0.4 is 0 Å². The van der Waals surface area contributed by atoms with Crippen molar-refractivity contribution in [1.29, 1.82) is 0 Å². The summed E-state index contributed by atoms with van der Waals surface area (Å²) >= 11 is 7.15. The van der Waals surface area contributed by atoms with Crippen LogP contribution in [0.15, 0.2) is 28.9 Å². The number of fused-ring (bicyclic) bond motifs is 1. The zero-order valence-electron chi connectivity index (χ0n) is 8.67. The number of hydrogen-bond acceptors (Lipinski definition) is 1. The van der Waals surface area contributed by atoms with Crippen LogP contribution in [0.1, 0.15) is 5.56 Å². The molecule has 0 amide bonds.